The predicted molar refractivity (Wildman–Crippen MR) is 117 cm³/mol. The predicted octanol–water partition coefficient (Wildman–Crippen LogP) is 6.71. The summed E-state index contributed by atoms with van der Waals surface area (Å²) in [6.45, 7) is 0. The fourth-order valence-corrected chi connectivity index (χ4v) is 7.64. The fraction of sp³-hybridized carbons (Fsp3) is 0.238. The number of hydrogen-bond acceptors (Lipinski definition) is 3. The molecule has 3 rings (SSSR count). The second-order valence-corrected chi connectivity index (χ2v) is 10.4. The Bertz CT molecular complexity index is 727. The molecule has 0 saturated carbocycles. The molecule has 1 heterocycles. The van der Waals surface area contributed by atoms with Gasteiger partial charge in [0.1, 0.15) is 9.83 Å². The van der Waals surface area contributed by atoms with Crippen LogP contribution in [0, 0.1) is 0 Å². The Morgan fingerprint density at radius 2 is 1.84 bits per heavy atom. The van der Waals surface area contributed by atoms with E-state index in [1.165, 1.54) is 17.5 Å². The first-order chi connectivity index (χ1) is 12.2. The van der Waals surface area contributed by atoms with Crippen LogP contribution in [0.5, 0.6) is 5.75 Å². The number of hydrogen-bond donors (Lipinski definition) is 0. The maximum atomic E-state index is 5.31. The van der Waals surface area contributed by atoms with E-state index < -0.39 is 0 Å². The molecule has 0 bridgehead atoms. The summed E-state index contributed by atoms with van der Waals surface area (Å²) in [5, 5.41) is 0. The van der Waals surface area contributed by atoms with Gasteiger partial charge in [-0.05, 0) is 35.4 Å². The number of ether oxygens (including phenoxy) is 1. The molecule has 1 fully saturated rings. The van der Waals surface area contributed by atoms with E-state index in [1.54, 1.807) is 7.11 Å². The molecule has 0 spiro atoms. The van der Waals surface area contributed by atoms with Crippen LogP contribution in [0.15, 0.2) is 72.8 Å². The lowest BCUT2D eigenvalue weighted by atomic mass is 10.1. The Morgan fingerprint density at radius 1 is 1.08 bits per heavy atom. The van der Waals surface area contributed by atoms with Crippen LogP contribution in [0.3, 0.4) is 0 Å². The summed E-state index contributed by atoms with van der Waals surface area (Å²) in [5.41, 5.74) is 2.52. The topological polar surface area (TPSA) is 9.23 Å². The summed E-state index contributed by atoms with van der Waals surface area (Å²) in [5.74, 6) is 2.04. The normalized spacial score (nSPS) is 24.0. The van der Waals surface area contributed by atoms with Crippen molar-refractivity contribution in [3.05, 3.63) is 84.0 Å². The number of benzene rings is 2. The van der Waals surface area contributed by atoms with Crippen molar-refractivity contribution >= 4 is 45.5 Å². The zero-order valence-corrected chi connectivity index (χ0v) is 17.3. The lowest BCUT2D eigenvalue weighted by molar-refractivity contribution is 0.414. The average Bonchev–Trinajstić information content (AvgIpc) is 2.66. The minimum atomic E-state index is -0.0697. The number of halogens is 1. The average molecular weight is 433 g/mol. The standard InChI is InChI=1S/C21H21BrOS2/c1-23-19-12-10-18(11-13-19)21(24-16-14-20(22)25-21)15-6-5-9-17-7-3-2-4-8-17/h2-13,15,20H,14,16H2,1H3. The van der Waals surface area contributed by atoms with Crippen molar-refractivity contribution in [1.82, 2.24) is 0 Å². The van der Waals surface area contributed by atoms with Gasteiger partial charge in [0.25, 0.3) is 0 Å². The minimum absolute atomic E-state index is 0.0697. The summed E-state index contributed by atoms with van der Waals surface area (Å²) >= 11 is 7.77. The molecule has 0 amide bonds. The highest BCUT2D eigenvalue weighted by Gasteiger charge is 2.36. The van der Waals surface area contributed by atoms with Gasteiger partial charge in [-0.2, -0.15) is 0 Å². The van der Waals surface area contributed by atoms with Crippen LogP contribution in [-0.4, -0.2) is 17.0 Å². The highest BCUT2D eigenvalue weighted by atomic mass is 79.9. The second-order valence-electron chi connectivity index (χ2n) is 5.69. The van der Waals surface area contributed by atoms with Gasteiger partial charge < -0.3 is 4.74 Å². The van der Waals surface area contributed by atoms with E-state index in [0.29, 0.717) is 4.16 Å². The van der Waals surface area contributed by atoms with Gasteiger partial charge in [0, 0.05) is 0 Å². The third kappa shape index (κ3) is 4.96. The molecule has 1 aliphatic rings. The number of thioether (sulfide) groups is 2. The van der Waals surface area contributed by atoms with E-state index in [4.69, 9.17) is 4.74 Å². The fourth-order valence-electron chi connectivity index (χ4n) is 2.66. The molecule has 1 nitrogen and oxygen atoms in total. The molecular weight excluding hydrogens is 412 g/mol. The maximum Gasteiger partial charge on any atom is 0.118 e. The molecule has 2 atom stereocenters. The molecule has 0 aliphatic carbocycles. The van der Waals surface area contributed by atoms with Crippen LogP contribution in [0.25, 0.3) is 6.08 Å². The van der Waals surface area contributed by atoms with E-state index in [-0.39, 0.29) is 4.08 Å². The summed E-state index contributed by atoms with van der Waals surface area (Å²) < 4.78 is 5.71. The minimum Gasteiger partial charge on any atom is -0.497 e. The van der Waals surface area contributed by atoms with E-state index in [0.717, 1.165) is 11.5 Å². The maximum absolute atomic E-state index is 5.31. The summed E-state index contributed by atoms with van der Waals surface area (Å²) in [7, 11) is 1.71. The summed E-state index contributed by atoms with van der Waals surface area (Å²) in [6.07, 6.45) is 9.93. The van der Waals surface area contributed by atoms with Crippen LogP contribution in [0.2, 0.25) is 0 Å². The Balaban J connectivity index is 1.83. The lowest BCUT2D eigenvalue weighted by Crippen LogP contribution is -2.23. The molecule has 130 valence electrons. The number of allylic oxidation sites excluding steroid dienone is 2. The van der Waals surface area contributed by atoms with Gasteiger partial charge in [0.05, 0.1) is 11.3 Å². The zero-order chi connectivity index (χ0) is 17.5. The molecule has 1 aliphatic heterocycles. The van der Waals surface area contributed by atoms with Crippen molar-refractivity contribution in [1.29, 1.82) is 0 Å². The van der Waals surface area contributed by atoms with Gasteiger partial charge in [0.2, 0.25) is 0 Å². The first-order valence-corrected chi connectivity index (χ1v) is 11.0. The molecule has 0 N–H and O–H groups in total. The van der Waals surface area contributed by atoms with E-state index in [2.05, 4.69) is 76.6 Å². The molecule has 1 saturated heterocycles. The quantitative estimate of drug-likeness (QED) is 0.383. The lowest BCUT2D eigenvalue weighted by Gasteiger charge is -2.36. The summed E-state index contributed by atoms with van der Waals surface area (Å²) in [6, 6.07) is 18.8. The zero-order valence-electron chi connectivity index (χ0n) is 14.1. The molecule has 2 unspecified atom stereocenters. The largest absolute Gasteiger partial charge is 0.497 e. The molecule has 25 heavy (non-hydrogen) atoms. The first-order valence-electron chi connectivity index (χ1n) is 8.23. The van der Waals surface area contributed by atoms with Crippen molar-refractivity contribution in [2.75, 3.05) is 12.9 Å². The third-order valence-corrected chi connectivity index (χ3v) is 8.09. The Kier molecular flexibility index (Phi) is 6.74. The highest BCUT2D eigenvalue weighted by Crippen LogP contribution is 2.55. The Hall–Kier alpha value is -1.10. The van der Waals surface area contributed by atoms with Gasteiger partial charge in [-0.25, -0.2) is 0 Å². The van der Waals surface area contributed by atoms with Crippen LogP contribution >= 0.6 is 39.5 Å². The summed E-state index contributed by atoms with van der Waals surface area (Å²) in [4.78, 5) is 0. The monoisotopic (exact) mass is 432 g/mol. The van der Waals surface area contributed by atoms with Gasteiger partial charge in [0.15, 0.2) is 0 Å². The van der Waals surface area contributed by atoms with Gasteiger partial charge in [-0.3, -0.25) is 0 Å². The number of rotatable bonds is 5. The number of methoxy groups -OCH3 is 1. The SMILES string of the molecule is COc1ccc(C2(C=CC=Cc3ccccc3)SCCC(Br)S2)cc1. The Labute approximate surface area is 167 Å². The molecule has 2 aromatic rings. The van der Waals surface area contributed by atoms with Crippen LogP contribution in [0.4, 0.5) is 0 Å². The van der Waals surface area contributed by atoms with Crippen molar-refractivity contribution < 1.29 is 4.74 Å². The van der Waals surface area contributed by atoms with Crippen LogP contribution in [-0.2, 0) is 4.08 Å². The molecule has 0 radical (unpaired) electrons. The molecule has 0 aromatic heterocycles. The van der Waals surface area contributed by atoms with Crippen molar-refractivity contribution in [3.63, 3.8) is 0 Å². The smallest absolute Gasteiger partial charge is 0.118 e. The Morgan fingerprint density at radius 3 is 2.52 bits per heavy atom. The van der Waals surface area contributed by atoms with E-state index in [9.17, 15) is 0 Å². The third-order valence-electron chi connectivity index (χ3n) is 3.97. The van der Waals surface area contributed by atoms with E-state index in [1.807, 2.05) is 41.7 Å². The molecular formula is C21H21BrOS2. The van der Waals surface area contributed by atoms with Crippen LogP contribution in [0.1, 0.15) is 17.5 Å². The van der Waals surface area contributed by atoms with Crippen molar-refractivity contribution in [2.45, 2.75) is 14.7 Å². The second kappa shape index (κ2) is 9.02. The highest BCUT2D eigenvalue weighted by molar-refractivity contribution is 9.11. The van der Waals surface area contributed by atoms with Crippen LogP contribution < -0.4 is 4.74 Å². The van der Waals surface area contributed by atoms with Gasteiger partial charge >= 0.3 is 0 Å². The first kappa shape index (κ1) is 18.7. The van der Waals surface area contributed by atoms with Crippen molar-refractivity contribution in [2.24, 2.45) is 0 Å². The van der Waals surface area contributed by atoms with Gasteiger partial charge in [-0.1, -0.05) is 82.7 Å². The molecule has 4 heteroatoms. The van der Waals surface area contributed by atoms with E-state index >= 15 is 0 Å². The van der Waals surface area contributed by atoms with Crippen molar-refractivity contribution in [3.8, 4) is 5.75 Å². The number of alkyl halides is 1. The van der Waals surface area contributed by atoms with Gasteiger partial charge in [-0.15, -0.1) is 23.5 Å². The molecule has 2 aromatic carbocycles.